The third kappa shape index (κ3) is 4.28. The lowest BCUT2D eigenvalue weighted by Gasteiger charge is -2.29. The SMILES string of the molecule is CC1CCN(S(=O)(=O)c2ccc(CCC(=O)Cl)cc2)CC1. The van der Waals surface area contributed by atoms with Crippen LogP contribution in [0.1, 0.15) is 31.7 Å². The zero-order chi connectivity index (χ0) is 15.5. The van der Waals surface area contributed by atoms with Crippen molar-refractivity contribution in [2.24, 2.45) is 5.92 Å². The minimum absolute atomic E-state index is 0.262. The number of carbonyl (C=O) groups excluding carboxylic acids is 1. The summed E-state index contributed by atoms with van der Waals surface area (Å²) in [5.74, 6) is 0.590. The number of hydrogen-bond acceptors (Lipinski definition) is 3. The Balaban J connectivity index is 2.08. The molecule has 1 aliphatic rings. The van der Waals surface area contributed by atoms with Crippen molar-refractivity contribution < 1.29 is 13.2 Å². The van der Waals surface area contributed by atoms with Crippen molar-refractivity contribution in [2.45, 2.75) is 37.5 Å². The van der Waals surface area contributed by atoms with Gasteiger partial charge in [0.25, 0.3) is 0 Å². The van der Waals surface area contributed by atoms with E-state index < -0.39 is 10.0 Å². The lowest BCUT2D eigenvalue weighted by molar-refractivity contribution is -0.111. The van der Waals surface area contributed by atoms with Crippen molar-refractivity contribution in [1.29, 1.82) is 0 Å². The molecular formula is C15H20ClNO3S. The van der Waals surface area contributed by atoms with Crippen molar-refractivity contribution in [3.8, 4) is 0 Å². The van der Waals surface area contributed by atoms with Gasteiger partial charge in [-0.3, -0.25) is 4.79 Å². The minimum Gasteiger partial charge on any atom is -0.281 e. The van der Waals surface area contributed by atoms with Gasteiger partial charge in [-0.2, -0.15) is 4.31 Å². The maximum atomic E-state index is 12.5. The Morgan fingerprint density at radius 2 is 1.81 bits per heavy atom. The normalized spacial score (nSPS) is 17.8. The number of nitrogens with zero attached hydrogens (tertiary/aromatic N) is 1. The fourth-order valence-electron chi connectivity index (χ4n) is 2.45. The van der Waals surface area contributed by atoms with E-state index in [0.717, 1.165) is 18.4 Å². The number of hydrogen-bond donors (Lipinski definition) is 0. The van der Waals surface area contributed by atoms with Gasteiger partial charge in [-0.15, -0.1) is 0 Å². The van der Waals surface area contributed by atoms with Crippen LogP contribution in [-0.4, -0.2) is 31.1 Å². The van der Waals surface area contributed by atoms with Crippen molar-refractivity contribution in [1.82, 2.24) is 4.31 Å². The zero-order valence-electron chi connectivity index (χ0n) is 12.1. The quantitative estimate of drug-likeness (QED) is 0.780. The van der Waals surface area contributed by atoms with E-state index in [-0.39, 0.29) is 11.7 Å². The van der Waals surface area contributed by atoms with Gasteiger partial charge in [0.2, 0.25) is 15.3 Å². The number of sulfonamides is 1. The maximum Gasteiger partial charge on any atom is 0.243 e. The van der Waals surface area contributed by atoms with Crippen LogP contribution < -0.4 is 0 Å². The summed E-state index contributed by atoms with van der Waals surface area (Å²) in [6, 6.07) is 6.72. The molecule has 21 heavy (non-hydrogen) atoms. The first-order valence-electron chi connectivity index (χ1n) is 7.17. The molecule has 2 rings (SSSR count). The van der Waals surface area contributed by atoms with E-state index in [9.17, 15) is 13.2 Å². The van der Waals surface area contributed by atoms with Crippen LogP contribution in [0.5, 0.6) is 0 Å². The highest BCUT2D eigenvalue weighted by molar-refractivity contribution is 7.89. The lowest BCUT2D eigenvalue weighted by atomic mass is 10.0. The Hall–Kier alpha value is -0.910. The molecule has 116 valence electrons. The molecule has 4 nitrogen and oxygen atoms in total. The Morgan fingerprint density at radius 3 is 2.33 bits per heavy atom. The van der Waals surface area contributed by atoms with E-state index in [4.69, 9.17) is 11.6 Å². The first kappa shape index (κ1) is 16.5. The molecule has 0 bridgehead atoms. The lowest BCUT2D eigenvalue weighted by Crippen LogP contribution is -2.37. The van der Waals surface area contributed by atoms with E-state index in [1.54, 1.807) is 28.6 Å². The maximum absolute atomic E-state index is 12.5. The highest BCUT2D eigenvalue weighted by atomic mass is 35.5. The summed E-state index contributed by atoms with van der Waals surface area (Å²) in [7, 11) is -3.39. The van der Waals surface area contributed by atoms with Crippen LogP contribution in [0.15, 0.2) is 29.2 Å². The standard InChI is InChI=1S/C15H20ClNO3S/c1-12-8-10-17(11-9-12)21(19,20)14-5-2-13(3-6-14)4-7-15(16)18/h2-3,5-6,12H,4,7-11H2,1H3. The predicted octanol–water partition coefficient (Wildman–Crippen LogP) is 2.81. The summed E-state index contributed by atoms with van der Waals surface area (Å²) >= 11 is 5.30. The molecule has 1 fully saturated rings. The highest BCUT2D eigenvalue weighted by Crippen LogP contribution is 2.23. The summed E-state index contributed by atoms with van der Waals surface area (Å²) in [5, 5.41) is -0.380. The van der Waals surface area contributed by atoms with Gasteiger partial charge in [0.15, 0.2) is 0 Å². The molecular weight excluding hydrogens is 310 g/mol. The molecule has 0 aromatic heterocycles. The fourth-order valence-corrected chi connectivity index (χ4v) is 4.01. The molecule has 1 heterocycles. The number of benzene rings is 1. The Kier molecular flexibility index (Phi) is 5.41. The molecule has 0 atom stereocenters. The van der Waals surface area contributed by atoms with Gasteiger partial charge < -0.3 is 0 Å². The first-order valence-corrected chi connectivity index (χ1v) is 8.99. The van der Waals surface area contributed by atoms with E-state index in [1.807, 2.05) is 0 Å². The second-order valence-corrected chi connectivity index (χ2v) is 7.95. The largest absolute Gasteiger partial charge is 0.281 e. The smallest absolute Gasteiger partial charge is 0.243 e. The number of carbonyl (C=O) groups is 1. The van der Waals surface area contributed by atoms with Gasteiger partial charge in [-0.25, -0.2) is 8.42 Å². The topological polar surface area (TPSA) is 54.5 Å². The number of halogens is 1. The van der Waals surface area contributed by atoms with Gasteiger partial charge in [0, 0.05) is 19.5 Å². The first-order chi connectivity index (χ1) is 9.89. The van der Waals surface area contributed by atoms with E-state index in [1.165, 1.54) is 0 Å². The molecule has 1 aromatic carbocycles. The molecule has 1 aliphatic heterocycles. The summed E-state index contributed by atoms with van der Waals surface area (Å²) in [5.41, 5.74) is 0.912. The van der Waals surface area contributed by atoms with Gasteiger partial charge in [0.05, 0.1) is 4.90 Å². The third-order valence-corrected chi connectivity index (χ3v) is 6.02. The third-order valence-electron chi connectivity index (χ3n) is 3.91. The van der Waals surface area contributed by atoms with E-state index >= 15 is 0 Å². The zero-order valence-corrected chi connectivity index (χ0v) is 13.7. The second-order valence-electron chi connectivity index (χ2n) is 5.59. The van der Waals surface area contributed by atoms with Gasteiger partial charge in [0.1, 0.15) is 0 Å². The van der Waals surface area contributed by atoms with Crippen LogP contribution in [0.4, 0.5) is 0 Å². The van der Waals surface area contributed by atoms with Crippen LogP contribution in [0.2, 0.25) is 0 Å². The molecule has 0 amide bonds. The van der Waals surface area contributed by atoms with Crippen molar-refractivity contribution in [2.75, 3.05) is 13.1 Å². The molecule has 0 unspecified atom stereocenters. The van der Waals surface area contributed by atoms with Gasteiger partial charge in [-0.05, 0) is 54.5 Å². The van der Waals surface area contributed by atoms with Crippen LogP contribution in [0, 0.1) is 5.92 Å². The Bertz CT molecular complexity index is 590. The molecule has 0 aliphatic carbocycles. The van der Waals surface area contributed by atoms with E-state index in [0.29, 0.717) is 30.3 Å². The Labute approximate surface area is 131 Å². The molecule has 0 N–H and O–H groups in total. The van der Waals surface area contributed by atoms with Crippen LogP contribution in [0.3, 0.4) is 0 Å². The number of rotatable bonds is 5. The summed E-state index contributed by atoms with van der Waals surface area (Å²) in [6.07, 6.45) is 2.62. The van der Waals surface area contributed by atoms with Crippen molar-refractivity contribution in [3.05, 3.63) is 29.8 Å². The second kappa shape index (κ2) is 6.90. The van der Waals surface area contributed by atoms with Crippen LogP contribution in [-0.2, 0) is 21.2 Å². The van der Waals surface area contributed by atoms with Gasteiger partial charge >= 0.3 is 0 Å². The Morgan fingerprint density at radius 1 is 1.24 bits per heavy atom. The summed E-state index contributed by atoms with van der Waals surface area (Å²) in [4.78, 5) is 11.1. The average molecular weight is 330 g/mol. The van der Waals surface area contributed by atoms with Crippen molar-refractivity contribution in [3.63, 3.8) is 0 Å². The summed E-state index contributed by atoms with van der Waals surface area (Å²) in [6.45, 7) is 3.33. The number of aryl methyl sites for hydroxylation is 1. The fraction of sp³-hybridized carbons (Fsp3) is 0.533. The molecule has 0 saturated carbocycles. The van der Waals surface area contributed by atoms with Crippen LogP contribution >= 0.6 is 11.6 Å². The minimum atomic E-state index is -3.39. The van der Waals surface area contributed by atoms with E-state index in [2.05, 4.69) is 6.92 Å². The molecule has 1 saturated heterocycles. The number of piperidine rings is 1. The molecule has 1 aromatic rings. The highest BCUT2D eigenvalue weighted by Gasteiger charge is 2.27. The monoisotopic (exact) mass is 329 g/mol. The summed E-state index contributed by atoms with van der Waals surface area (Å²) < 4.78 is 26.6. The average Bonchev–Trinajstić information content (AvgIpc) is 2.46. The predicted molar refractivity (Wildman–Crippen MR) is 82.8 cm³/mol. The molecule has 0 radical (unpaired) electrons. The molecule has 6 heteroatoms. The van der Waals surface area contributed by atoms with Gasteiger partial charge in [-0.1, -0.05) is 19.1 Å². The molecule has 0 spiro atoms. The van der Waals surface area contributed by atoms with Crippen molar-refractivity contribution >= 4 is 26.9 Å². The van der Waals surface area contributed by atoms with Crippen LogP contribution in [0.25, 0.3) is 0 Å².